The van der Waals surface area contributed by atoms with Crippen LogP contribution in [0.2, 0.25) is 0 Å². The molecule has 1 saturated heterocycles. The molecule has 0 atom stereocenters. The number of halogens is 1. The van der Waals surface area contributed by atoms with Gasteiger partial charge in [0.15, 0.2) is 0 Å². The van der Waals surface area contributed by atoms with Crippen molar-refractivity contribution < 1.29 is 14.3 Å². The summed E-state index contributed by atoms with van der Waals surface area (Å²) in [5.41, 5.74) is 7.64. The lowest BCUT2D eigenvalue weighted by molar-refractivity contribution is -0.121. The second kappa shape index (κ2) is 11.3. The van der Waals surface area contributed by atoms with E-state index in [1.54, 1.807) is 0 Å². The van der Waals surface area contributed by atoms with Crippen molar-refractivity contribution in [3.8, 4) is 0 Å². The Morgan fingerprint density at radius 3 is 2.78 bits per heavy atom. The lowest BCUT2D eigenvalue weighted by Crippen LogP contribution is -2.27. The van der Waals surface area contributed by atoms with Crippen molar-refractivity contribution >= 4 is 24.0 Å². The molecule has 0 bridgehead atoms. The highest BCUT2D eigenvalue weighted by molar-refractivity contribution is 5.85. The Balaban J connectivity index is 0.00000264. The van der Waals surface area contributed by atoms with Crippen LogP contribution in [0.1, 0.15) is 31.2 Å². The van der Waals surface area contributed by atoms with E-state index in [0.29, 0.717) is 32.1 Å². The van der Waals surface area contributed by atoms with Crippen molar-refractivity contribution in [2.75, 3.05) is 32.1 Å². The Kier molecular flexibility index (Phi) is 9.67. The Morgan fingerprint density at radius 1 is 1.30 bits per heavy atom. The molecule has 1 amide bonds. The fourth-order valence-electron chi connectivity index (χ4n) is 2.49. The second-order valence-electron chi connectivity index (χ2n) is 5.58. The van der Waals surface area contributed by atoms with Crippen molar-refractivity contribution in [3.05, 3.63) is 29.8 Å². The third-order valence-electron chi connectivity index (χ3n) is 3.84. The van der Waals surface area contributed by atoms with Gasteiger partial charge < -0.3 is 20.5 Å². The maximum atomic E-state index is 11.8. The molecule has 1 aliphatic rings. The Hall–Kier alpha value is -1.30. The predicted octanol–water partition coefficient (Wildman–Crippen LogP) is 2.33. The van der Waals surface area contributed by atoms with E-state index >= 15 is 0 Å². The van der Waals surface area contributed by atoms with Crippen molar-refractivity contribution in [2.24, 2.45) is 0 Å². The molecule has 1 fully saturated rings. The van der Waals surface area contributed by atoms with E-state index < -0.39 is 0 Å². The molecule has 0 aliphatic carbocycles. The maximum Gasteiger partial charge on any atom is 0.220 e. The number of ether oxygens (including phenoxy) is 2. The van der Waals surface area contributed by atoms with Gasteiger partial charge in [0.1, 0.15) is 0 Å². The minimum atomic E-state index is 0. The number of carbonyl (C=O) groups is 1. The van der Waals surface area contributed by atoms with Crippen LogP contribution < -0.4 is 11.1 Å². The van der Waals surface area contributed by atoms with Crippen molar-refractivity contribution in [3.63, 3.8) is 0 Å². The topological polar surface area (TPSA) is 73.6 Å². The van der Waals surface area contributed by atoms with E-state index in [2.05, 4.69) is 5.32 Å². The lowest BCUT2D eigenvalue weighted by atomic mass is 10.1. The smallest absolute Gasteiger partial charge is 0.220 e. The van der Waals surface area contributed by atoms with E-state index in [4.69, 9.17) is 15.2 Å². The summed E-state index contributed by atoms with van der Waals surface area (Å²) in [4.78, 5) is 11.8. The molecule has 0 saturated carbocycles. The molecule has 1 aliphatic heterocycles. The third kappa shape index (κ3) is 7.68. The van der Waals surface area contributed by atoms with Gasteiger partial charge in [0, 0.05) is 38.5 Å². The van der Waals surface area contributed by atoms with E-state index in [0.717, 1.165) is 43.7 Å². The summed E-state index contributed by atoms with van der Waals surface area (Å²) in [6.07, 6.45) is 4.27. The fourth-order valence-corrected chi connectivity index (χ4v) is 2.49. The quantitative estimate of drug-likeness (QED) is 0.561. The number of nitrogens with one attached hydrogen (secondary N) is 1. The van der Waals surface area contributed by atoms with Crippen LogP contribution in [0.4, 0.5) is 5.69 Å². The molecule has 3 N–H and O–H groups in total. The standard InChI is InChI=1S/C17H26N2O3.ClH/c18-16-5-2-1-4-14(16)6-7-17(20)19-10-3-11-22-15-8-12-21-13-9-15;/h1-2,4-5,15H,3,6-13,18H2,(H,19,20);1H. The first-order chi connectivity index (χ1) is 10.8. The van der Waals surface area contributed by atoms with Gasteiger partial charge in [0.25, 0.3) is 0 Å². The van der Waals surface area contributed by atoms with Crippen LogP contribution in [0.5, 0.6) is 0 Å². The molecule has 6 heteroatoms. The Morgan fingerprint density at radius 2 is 2.04 bits per heavy atom. The van der Waals surface area contributed by atoms with Crippen LogP contribution in [0, 0.1) is 0 Å². The van der Waals surface area contributed by atoms with Crippen molar-refractivity contribution in [1.29, 1.82) is 0 Å². The SMILES string of the molecule is Cl.Nc1ccccc1CCC(=O)NCCCOC1CCOCC1. The van der Waals surface area contributed by atoms with E-state index in [1.165, 1.54) is 0 Å². The number of aryl methyl sites for hydroxylation is 1. The number of anilines is 1. The van der Waals surface area contributed by atoms with Crippen LogP contribution >= 0.6 is 12.4 Å². The molecule has 2 rings (SSSR count). The van der Waals surface area contributed by atoms with E-state index in [-0.39, 0.29) is 18.3 Å². The molecular formula is C17H27ClN2O3. The summed E-state index contributed by atoms with van der Waals surface area (Å²) in [7, 11) is 0. The number of amides is 1. The highest BCUT2D eigenvalue weighted by Gasteiger charge is 2.13. The monoisotopic (exact) mass is 342 g/mol. The molecule has 0 aromatic heterocycles. The molecule has 0 unspecified atom stereocenters. The van der Waals surface area contributed by atoms with Gasteiger partial charge in [-0.1, -0.05) is 18.2 Å². The normalized spacial score (nSPS) is 15.0. The average molecular weight is 343 g/mol. The van der Waals surface area contributed by atoms with Gasteiger partial charge in [-0.25, -0.2) is 0 Å². The number of para-hydroxylation sites is 1. The number of nitrogen functional groups attached to an aromatic ring is 1. The number of rotatable bonds is 8. The number of benzene rings is 1. The second-order valence-corrected chi connectivity index (χ2v) is 5.58. The average Bonchev–Trinajstić information content (AvgIpc) is 2.55. The summed E-state index contributed by atoms with van der Waals surface area (Å²) in [5.74, 6) is 0.0642. The zero-order valence-electron chi connectivity index (χ0n) is 13.5. The summed E-state index contributed by atoms with van der Waals surface area (Å²) < 4.78 is 11.0. The summed E-state index contributed by atoms with van der Waals surface area (Å²) >= 11 is 0. The maximum absolute atomic E-state index is 11.8. The molecular weight excluding hydrogens is 316 g/mol. The fraction of sp³-hybridized carbons (Fsp3) is 0.588. The zero-order chi connectivity index (χ0) is 15.6. The van der Waals surface area contributed by atoms with Crippen LogP contribution in [-0.2, 0) is 20.7 Å². The first-order valence-electron chi connectivity index (χ1n) is 8.05. The van der Waals surface area contributed by atoms with Crippen molar-refractivity contribution in [2.45, 2.75) is 38.2 Å². The van der Waals surface area contributed by atoms with Crippen LogP contribution in [0.3, 0.4) is 0 Å². The highest BCUT2D eigenvalue weighted by atomic mass is 35.5. The van der Waals surface area contributed by atoms with Gasteiger partial charge in [-0.2, -0.15) is 0 Å². The zero-order valence-corrected chi connectivity index (χ0v) is 14.3. The first-order valence-corrected chi connectivity index (χ1v) is 8.05. The molecule has 130 valence electrons. The molecule has 5 nitrogen and oxygen atoms in total. The van der Waals surface area contributed by atoms with E-state index in [9.17, 15) is 4.79 Å². The predicted molar refractivity (Wildman–Crippen MR) is 93.8 cm³/mol. The largest absolute Gasteiger partial charge is 0.399 e. The number of nitrogens with two attached hydrogens (primary N) is 1. The van der Waals surface area contributed by atoms with Gasteiger partial charge in [0.05, 0.1) is 6.10 Å². The summed E-state index contributed by atoms with van der Waals surface area (Å²) in [6, 6.07) is 7.67. The van der Waals surface area contributed by atoms with Gasteiger partial charge in [0.2, 0.25) is 5.91 Å². The lowest BCUT2D eigenvalue weighted by Gasteiger charge is -2.22. The Labute approximate surface area is 144 Å². The minimum Gasteiger partial charge on any atom is -0.399 e. The van der Waals surface area contributed by atoms with Gasteiger partial charge >= 0.3 is 0 Å². The number of carbonyl (C=O) groups excluding carboxylic acids is 1. The minimum absolute atomic E-state index is 0. The number of hydrogen-bond donors (Lipinski definition) is 2. The summed E-state index contributed by atoms with van der Waals surface area (Å²) in [6.45, 7) is 2.94. The van der Waals surface area contributed by atoms with E-state index in [1.807, 2.05) is 24.3 Å². The molecule has 23 heavy (non-hydrogen) atoms. The molecule has 1 aromatic carbocycles. The highest BCUT2D eigenvalue weighted by Crippen LogP contribution is 2.12. The molecule has 0 radical (unpaired) electrons. The van der Waals surface area contributed by atoms with Gasteiger partial charge in [-0.3, -0.25) is 4.79 Å². The number of hydrogen-bond acceptors (Lipinski definition) is 4. The summed E-state index contributed by atoms with van der Waals surface area (Å²) in [5, 5.41) is 2.93. The molecule has 0 spiro atoms. The van der Waals surface area contributed by atoms with Gasteiger partial charge in [-0.05, 0) is 37.3 Å². The molecule has 1 aromatic rings. The first kappa shape index (κ1) is 19.7. The Bertz CT molecular complexity index is 465. The molecule has 1 heterocycles. The van der Waals surface area contributed by atoms with Crippen LogP contribution in [0.15, 0.2) is 24.3 Å². The third-order valence-corrected chi connectivity index (χ3v) is 3.84. The van der Waals surface area contributed by atoms with Crippen molar-refractivity contribution in [1.82, 2.24) is 5.32 Å². The van der Waals surface area contributed by atoms with Crippen LogP contribution in [-0.4, -0.2) is 38.4 Å². The van der Waals surface area contributed by atoms with Gasteiger partial charge in [-0.15, -0.1) is 12.4 Å². The van der Waals surface area contributed by atoms with Crippen LogP contribution in [0.25, 0.3) is 0 Å².